The molecule has 20 heavy (non-hydrogen) atoms. The maximum Gasteiger partial charge on any atom is 0.209 e. The highest BCUT2D eigenvalue weighted by Crippen LogP contribution is 2.15. The predicted molar refractivity (Wildman–Crippen MR) is 81.8 cm³/mol. The van der Waals surface area contributed by atoms with Crippen molar-refractivity contribution in [3.05, 3.63) is 35.9 Å². The van der Waals surface area contributed by atoms with Crippen molar-refractivity contribution in [3.63, 3.8) is 0 Å². The van der Waals surface area contributed by atoms with Gasteiger partial charge < -0.3 is 5.32 Å². The van der Waals surface area contributed by atoms with Gasteiger partial charge in [0.2, 0.25) is 5.16 Å². The molecule has 0 aliphatic rings. The lowest BCUT2D eigenvalue weighted by Gasteiger charge is -2.08. The van der Waals surface area contributed by atoms with E-state index in [0.717, 1.165) is 30.4 Å². The second-order valence-corrected chi connectivity index (χ2v) is 5.94. The van der Waals surface area contributed by atoms with Crippen LogP contribution in [0.2, 0.25) is 0 Å². The zero-order valence-electron chi connectivity index (χ0n) is 12.0. The van der Waals surface area contributed by atoms with Crippen LogP contribution in [-0.4, -0.2) is 38.5 Å². The van der Waals surface area contributed by atoms with Crippen LogP contribution in [0, 0.1) is 0 Å². The Kier molecular flexibility index (Phi) is 6.01. The summed E-state index contributed by atoms with van der Waals surface area (Å²) in [5, 5.41) is 16.1. The van der Waals surface area contributed by atoms with Crippen molar-refractivity contribution in [2.24, 2.45) is 0 Å². The molecule has 0 fully saturated rings. The highest BCUT2D eigenvalue weighted by Gasteiger charge is 2.06. The van der Waals surface area contributed by atoms with Gasteiger partial charge in [-0.3, -0.25) is 0 Å². The van der Waals surface area contributed by atoms with Crippen LogP contribution in [0.5, 0.6) is 0 Å². The molecule has 2 rings (SSSR count). The van der Waals surface area contributed by atoms with Gasteiger partial charge in [-0.25, -0.2) is 4.68 Å². The summed E-state index contributed by atoms with van der Waals surface area (Å²) in [6.45, 7) is 5.96. The molecule has 0 saturated carbocycles. The zero-order valence-corrected chi connectivity index (χ0v) is 12.8. The van der Waals surface area contributed by atoms with Gasteiger partial charge in [-0.1, -0.05) is 55.9 Å². The Morgan fingerprint density at radius 1 is 1.25 bits per heavy atom. The van der Waals surface area contributed by atoms with Crippen LogP contribution in [0.15, 0.2) is 35.5 Å². The number of aryl methyl sites for hydroxylation is 1. The van der Waals surface area contributed by atoms with Gasteiger partial charge in [0.15, 0.2) is 0 Å². The van der Waals surface area contributed by atoms with Crippen molar-refractivity contribution in [1.82, 2.24) is 25.5 Å². The summed E-state index contributed by atoms with van der Waals surface area (Å²) in [4.78, 5) is 0. The molecule has 1 heterocycles. The third-order valence-electron chi connectivity index (χ3n) is 2.84. The van der Waals surface area contributed by atoms with Gasteiger partial charge in [0.25, 0.3) is 0 Å². The number of benzene rings is 1. The summed E-state index contributed by atoms with van der Waals surface area (Å²) in [7, 11) is 0. The van der Waals surface area contributed by atoms with Crippen molar-refractivity contribution < 1.29 is 0 Å². The Hall–Kier alpha value is -1.40. The Morgan fingerprint density at radius 2 is 2.05 bits per heavy atom. The monoisotopic (exact) mass is 291 g/mol. The van der Waals surface area contributed by atoms with E-state index in [2.05, 4.69) is 59.0 Å². The largest absolute Gasteiger partial charge is 0.313 e. The van der Waals surface area contributed by atoms with Crippen molar-refractivity contribution in [3.8, 4) is 0 Å². The quantitative estimate of drug-likeness (QED) is 0.754. The third kappa shape index (κ3) is 4.94. The van der Waals surface area contributed by atoms with E-state index in [1.54, 1.807) is 11.8 Å². The first-order valence-corrected chi connectivity index (χ1v) is 7.90. The van der Waals surface area contributed by atoms with Gasteiger partial charge in [-0.15, -0.1) is 5.10 Å². The number of nitrogens with zero attached hydrogens (tertiary/aromatic N) is 4. The fourth-order valence-corrected chi connectivity index (χ4v) is 2.70. The van der Waals surface area contributed by atoms with E-state index >= 15 is 0 Å². The maximum absolute atomic E-state index is 4.08. The summed E-state index contributed by atoms with van der Waals surface area (Å²) in [5.41, 5.74) is 1.35. The van der Waals surface area contributed by atoms with E-state index in [9.17, 15) is 0 Å². The van der Waals surface area contributed by atoms with Crippen LogP contribution in [0.25, 0.3) is 0 Å². The molecule has 1 aromatic carbocycles. The van der Waals surface area contributed by atoms with Gasteiger partial charge in [0.1, 0.15) is 0 Å². The number of thioether (sulfide) groups is 1. The second-order valence-electron chi connectivity index (χ2n) is 4.88. The predicted octanol–water partition coefficient (Wildman–Crippen LogP) is 2.01. The molecule has 6 heteroatoms. The first kappa shape index (κ1) is 15.0. The fourth-order valence-electron chi connectivity index (χ4n) is 1.80. The highest BCUT2D eigenvalue weighted by molar-refractivity contribution is 7.99. The number of rotatable bonds is 8. The van der Waals surface area contributed by atoms with Crippen LogP contribution in [0.1, 0.15) is 19.4 Å². The topological polar surface area (TPSA) is 55.6 Å². The number of hydrogen-bond donors (Lipinski definition) is 1. The van der Waals surface area contributed by atoms with Crippen LogP contribution < -0.4 is 5.32 Å². The van der Waals surface area contributed by atoms with Crippen LogP contribution >= 0.6 is 11.8 Å². The third-order valence-corrected chi connectivity index (χ3v) is 3.80. The Labute approximate surface area is 124 Å². The molecular weight excluding hydrogens is 270 g/mol. The lowest BCUT2D eigenvalue weighted by molar-refractivity contribution is 0.485. The molecule has 0 aliphatic carbocycles. The Bertz CT molecular complexity index is 497. The number of tetrazole rings is 1. The first-order chi connectivity index (χ1) is 9.75. The molecule has 0 atom stereocenters. The van der Waals surface area contributed by atoms with Gasteiger partial charge in [-0.2, -0.15) is 0 Å². The summed E-state index contributed by atoms with van der Waals surface area (Å²) >= 11 is 1.71. The number of aromatic nitrogens is 4. The molecule has 0 radical (unpaired) electrons. The molecule has 2 aromatic rings. The molecule has 0 spiro atoms. The summed E-state index contributed by atoms with van der Waals surface area (Å²) in [5.74, 6) is 0.988. The van der Waals surface area contributed by atoms with Crippen LogP contribution in [0.3, 0.4) is 0 Å². The average molecular weight is 291 g/mol. The summed E-state index contributed by atoms with van der Waals surface area (Å²) in [6, 6.07) is 11.0. The minimum atomic E-state index is 0.487. The zero-order chi connectivity index (χ0) is 14.2. The molecule has 0 aliphatic heterocycles. The highest BCUT2D eigenvalue weighted by atomic mass is 32.2. The minimum absolute atomic E-state index is 0.487. The van der Waals surface area contributed by atoms with E-state index in [0.29, 0.717) is 6.04 Å². The molecule has 1 aromatic heterocycles. The standard InChI is InChI=1S/C14H21N5S/c1-12(2)15-9-10-19-14(16-17-18-19)20-11-8-13-6-4-3-5-7-13/h3-7,12,15H,8-11H2,1-2H3. The van der Waals surface area contributed by atoms with Crippen molar-refractivity contribution in [2.75, 3.05) is 12.3 Å². The number of hydrogen-bond acceptors (Lipinski definition) is 5. The average Bonchev–Trinajstić information content (AvgIpc) is 2.87. The van der Waals surface area contributed by atoms with Gasteiger partial charge >= 0.3 is 0 Å². The van der Waals surface area contributed by atoms with E-state index in [-0.39, 0.29) is 0 Å². The van der Waals surface area contributed by atoms with E-state index < -0.39 is 0 Å². The van der Waals surface area contributed by atoms with Gasteiger partial charge in [-0.05, 0) is 22.4 Å². The number of nitrogens with one attached hydrogen (secondary N) is 1. The van der Waals surface area contributed by atoms with Crippen molar-refractivity contribution >= 4 is 11.8 Å². The fraction of sp³-hybridized carbons (Fsp3) is 0.500. The van der Waals surface area contributed by atoms with E-state index in [1.807, 2.05) is 10.7 Å². The van der Waals surface area contributed by atoms with Gasteiger partial charge in [0.05, 0.1) is 6.54 Å². The molecule has 0 saturated heterocycles. The molecule has 108 valence electrons. The van der Waals surface area contributed by atoms with Crippen molar-refractivity contribution in [2.45, 2.75) is 38.0 Å². The van der Waals surface area contributed by atoms with E-state index in [4.69, 9.17) is 0 Å². The Balaban J connectivity index is 1.77. The maximum atomic E-state index is 4.08. The summed E-state index contributed by atoms with van der Waals surface area (Å²) in [6.07, 6.45) is 1.03. The first-order valence-electron chi connectivity index (χ1n) is 6.92. The molecule has 0 bridgehead atoms. The lowest BCUT2D eigenvalue weighted by Crippen LogP contribution is -2.27. The molecule has 0 amide bonds. The van der Waals surface area contributed by atoms with Crippen LogP contribution in [-0.2, 0) is 13.0 Å². The van der Waals surface area contributed by atoms with Crippen molar-refractivity contribution in [1.29, 1.82) is 0 Å². The summed E-state index contributed by atoms with van der Waals surface area (Å²) < 4.78 is 1.87. The van der Waals surface area contributed by atoms with Gasteiger partial charge in [0, 0.05) is 18.3 Å². The molecule has 0 unspecified atom stereocenters. The SMILES string of the molecule is CC(C)NCCn1nnnc1SCCc1ccccc1. The normalized spacial score (nSPS) is 11.2. The smallest absolute Gasteiger partial charge is 0.209 e. The molecule has 5 nitrogen and oxygen atoms in total. The second kappa shape index (κ2) is 8.01. The molecular formula is C14H21N5S. The van der Waals surface area contributed by atoms with E-state index in [1.165, 1.54) is 5.56 Å². The lowest BCUT2D eigenvalue weighted by atomic mass is 10.2. The Morgan fingerprint density at radius 3 is 2.80 bits per heavy atom. The minimum Gasteiger partial charge on any atom is -0.313 e. The molecule has 1 N–H and O–H groups in total. The van der Waals surface area contributed by atoms with Crippen LogP contribution in [0.4, 0.5) is 0 Å².